The lowest BCUT2D eigenvalue weighted by atomic mass is 10.0. The number of aryl methyl sites for hydroxylation is 2. The van der Waals surface area contributed by atoms with Crippen molar-refractivity contribution in [2.75, 3.05) is 0 Å². The van der Waals surface area contributed by atoms with Crippen LogP contribution in [0.1, 0.15) is 31.8 Å². The standard InChI is InChI=1S/C16H15N3O5/c1-9-3-4-12(10(2)5-9)14(20)8-18-7-11(19(23)24)6-13(15(17)21)16(18)22/h3-7H,8H2,1-2H3,(H2,17,21). The molecule has 2 N–H and O–H groups in total. The Morgan fingerprint density at radius 2 is 1.88 bits per heavy atom. The predicted molar refractivity (Wildman–Crippen MR) is 86.1 cm³/mol. The van der Waals surface area contributed by atoms with Crippen molar-refractivity contribution in [3.8, 4) is 0 Å². The average Bonchev–Trinajstić information content (AvgIpc) is 2.48. The fourth-order valence-electron chi connectivity index (χ4n) is 2.38. The molecule has 1 aromatic heterocycles. The Labute approximate surface area is 136 Å². The zero-order valence-electron chi connectivity index (χ0n) is 13.1. The lowest BCUT2D eigenvalue weighted by Crippen LogP contribution is -2.31. The number of rotatable bonds is 5. The van der Waals surface area contributed by atoms with E-state index in [0.29, 0.717) is 5.56 Å². The number of carbonyl (C=O) groups excluding carboxylic acids is 2. The molecule has 0 unspecified atom stereocenters. The van der Waals surface area contributed by atoms with Crippen molar-refractivity contribution >= 4 is 17.4 Å². The molecule has 0 aliphatic rings. The Bertz CT molecular complexity index is 914. The molecule has 0 atom stereocenters. The lowest BCUT2D eigenvalue weighted by Gasteiger charge is -2.09. The van der Waals surface area contributed by atoms with Crippen molar-refractivity contribution in [1.82, 2.24) is 4.57 Å². The van der Waals surface area contributed by atoms with E-state index in [2.05, 4.69) is 0 Å². The number of primary amides is 1. The maximum Gasteiger partial charge on any atom is 0.286 e. The minimum Gasteiger partial charge on any atom is -0.365 e. The minimum absolute atomic E-state index is 0.398. The third kappa shape index (κ3) is 3.37. The number of hydrogen-bond donors (Lipinski definition) is 1. The molecule has 1 heterocycles. The number of amides is 1. The molecular formula is C16H15N3O5. The van der Waals surface area contributed by atoms with Gasteiger partial charge in [0.15, 0.2) is 5.78 Å². The monoisotopic (exact) mass is 329 g/mol. The van der Waals surface area contributed by atoms with E-state index in [4.69, 9.17) is 5.73 Å². The number of benzene rings is 1. The van der Waals surface area contributed by atoms with Gasteiger partial charge >= 0.3 is 0 Å². The second-order valence-corrected chi connectivity index (χ2v) is 5.41. The number of hydrogen-bond acceptors (Lipinski definition) is 5. The van der Waals surface area contributed by atoms with Gasteiger partial charge in [0.2, 0.25) is 0 Å². The number of aromatic nitrogens is 1. The maximum absolute atomic E-state index is 12.4. The predicted octanol–water partition coefficient (Wildman–Crippen LogP) is 1.36. The SMILES string of the molecule is Cc1ccc(C(=O)Cn2cc([N+](=O)[O-])cc(C(N)=O)c2=O)c(C)c1. The van der Waals surface area contributed by atoms with E-state index in [0.717, 1.165) is 28.0 Å². The van der Waals surface area contributed by atoms with Crippen LogP contribution in [0.2, 0.25) is 0 Å². The Kier molecular flexibility index (Phi) is 4.59. The number of nitro groups is 1. The molecule has 8 heteroatoms. The Hall–Kier alpha value is -3.29. The molecule has 124 valence electrons. The van der Waals surface area contributed by atoms with Gasteiger partial charge in [0.05, 0.1) is 17.7 Å². The van der Waals surface area contributed by atoms with E-state index in [-0.39, 0.29) is 0 Å². The molecule has 1 amide bonds. The zero-order valence-corrected chi connectivity index (χ0v) is 13.1. The summed E-state index contributed by atoms with van der Waals surface area (Å²) in [6, 6.07) is 6.01. The second-order valence-electron chi connectivity index (χ2n) is 5.41. The first-order valence-corrected chi connectivity index (χ1v) is 7.00. The van der Waals surface area contributed by atoms with Crippen molar-refractivity contribution in [2.24, 2.45) is 5.73 Å². The highest BCUT2D eigenvalue weighted by Gasteiger charge is 2.19. The van der Waals surface area contributed by atoms with Gasteiger partial charge in [0.1, 0.15) is 5.56 Å². The number of nitrogens with zero attached hydrogens (tertiary/aromatic N) is 2. The van der Waals surface area contributed by atoms with E-state index in [1.807, 2.05) is 13.0 Å². The van der Waals surface area contributed by atoms with Gasteiger partial charge in [-0.05, 0) is 19.4 Å². The number of carbonyl (C=O) groups is 2. The highest BCUT2D eigenvalue weighted by atomic mass is 16.6. The van der Waals surface area contributed by atoms with Crippen LogP contribution in [0.25, 0.3) is 0 Å². The number of pyridine rings is 1. The molecule has 0 radical (unpaired) electrons. The number of Topliss-reactive ketones (excluding diaryl/α,β-unsaturated/α-hetero) is 1. The van der Waals surface area contributed by atoms with Crippen LogP contribution in [0.15, 0.2) is 35.3 Å². The second kappa shape index (κ2) is 6.45. The van der Waals surface area contributed by atoms with Gasteiger partial charge in [0, 0.05) is 11.6 Å². The first kappa shape index (κ1) is 17.1. The van der Waals surface area contributed by atoms with E-state index in [9.17, 15) is 24.5 Å². The van der Waals surface area contributed by atoms with Gasteiger partial charge in [-0.25, -0.2) is 0 Å². The summed E-state index contributed by atoms with van der Waals surface area (Å²) in [6.07, 6.45) is 0.927. The molecule has 0 aliphatic heterocycles. The largest absolute Gasteiger partial charge is 0.365 e. The van der Waals surface area contributed by atoms with Crippen molar-refractivity contribution in [3.63, 3.8) is 0 Å². The zero-order chi connectivity index (χ0) is 18.0. The summed E-state index contributed by atoms with van der Waals surface area (Å²) in [5.41, 5.74) is 5.33. The topological polar surface area (TPSA) is 125 Å². The Morgan fingerprint density at radius 3 is 2.42 bits per heavy atom. The summed E-state index contributed by atoms with van der Waals surface area (Å²) in [5, 5.41) is 10.9. The van der Waals surface area contributed by atoms with E-state index in [1.54, 1.807) is 19.1 Å². The van der Waals surface area contributed by atoms with Crippen LogP contribution in [0.5, 0.6) is 0 Å². The lowest BCUT2D eigenvalue weighted by molar-refractivity contribution is -0.385. The average molecular weight is 329 g/mol. The fourth-order valence-corrected chi connectivity index (χ4v) is 2.38. The highest BCUT2D eigenvalue weighted by Crippen LogP contribution is 2.14. The maximum atomic E-state index is 12.4. The number of ketones is 1. The van der Waals surface area contributed by atoms with Crippen molar-refractivity contribution in [2.45, 2.75) is 20.4 Å². The summed E-state index contributed by atoms with van der Waals surface area (Å²) < 4.78 is 0.833. The van der Waals surface area contributed by atoms with Crippen LogP contribution in [0, 0.1) is 24.0 Å². The molecule has 0 aliphatic carbocycles. The smallest absolute Gasteiger partial charge is 0.286 e. The fraction of sp³-hybridized carbons (Fsp3) is 0.188. The van der Waals surface area contributed by atoms with Crippen LogP contribution in [0.4, 0.5) is 5.69 Å². The molecule has 2 aromatic rings. The summed E-state index contributed by atoms with van der Waals surface area (Å²) in [5.74, 6) is -1.48. The molecular weight excluding hydrogens is 314 g/mol. The highest BCUT2D eigenvalue weighted by molar-refractivity contribution is 5.97. The van der Waals surface area contributed by atoms with Gasteiger partial charge < -0.3 is 10.3 Å². The van der Waals surface area contributed by atoms with Crippen LogP contribution in [-0.4, -0.2) is 21.2 Å². The van der Waals surface area contributed by atoms with Crippen LogP contribution in [-0.2, 0) is 6.54 Å². The van der Waals surface area contributed by atoms with Gasteiger partial charge in [0.25, 0.3) is 17.2 Å². The summed E-state index contributed by atoms with van der Waals surface area (Å²) in [4.78, 5) is 46.1. The van der Waals surface area contributed by atoms with Gasteiger partial charge in [-0.3, -0.25) is 24.5 Å². The summed E-state index contributed by atoms with van der Waals surface area (Å²) in [6.45, 7) is 3.21. The molecule has 2 rings (SSSR count). The molecule has 24 heavy (non-hydrogen) atoms. The normalized spacial score (nSPS) is 10.4. The van der Waals surface area contributed by atoms with Gasteiger partial charge in [-0.1, -0.05) is 23.8 Å². The molecule has 8 nitrogen and oxygen atoms in total. The molecule has 0 saturated heterocycles. The summed E-state index contributed by atoms with van der Waals surface area (Å²) in [7, 11) is 0. The van der Waals surface area contributed by atoms with Gasteiger partial charge in [-0.15, -0.1) is 0 Å². The Morgan fingerprint density at radius 1 is 1.21 bits per heavy atom. The molecule has 0 fully saturated rings. The van der Waals surface area contributed by atoms with Crippen molar-refractivity contribution < 1.29 is 14.5 Å². The molecule has 0 saturated carbocycles. The first-order valence-electron chi connectivity index (χ1n) is 7.00. The minimum atomic E-state index is -1.09. The van der Waals surface area contributed by atoms with Crippen molar-refractivity contribution in [1.29, 1.82) is 0 Å². The van der Waals surface area contributed by atoms with E-state index in [1.165, 1.54) is 0 Å². The van der Waals surface area contributed by atoms with Gasteiger partial charge in [-0.2, -0.15) is 0 Å². The third-order valence-corrected chi connectivity index (χ3v) is 3.54. The van der Waals surface area contributed by atoms with Crippen LogP contribution in [0.3, 0.4) is 0 Å². The third-order valence-electron chi connectivity index (χ3n) is 3.54. The first-order chi connectivity index (χ1) is 11.2. The molecule has 0 bridgehead atoms. The quantitative estimate of drug-likeness (QED) is 0.503. The van der Waals surface area contributed by atoms with E-state index < -0.39 is 40.0 Å². The summed E-state index contributed by atoms with van der Waals surface area (Å²) >= 11 is 0. The van der Waals surface area contributed by atoms with Crippen molar-refractivity contribution in [3.05, 3.63) is 73.2 Å². The van der Waals surface area contributed by atoms with Crippen LogP contribution < -0.4 is 11.3 Å². The Balaban J connectivity index is 2.48. The van der Waals surface area contributed by atoms with Crippen LogP contribution >= 0.6 is 0 Å². The molecule has 1 aromatic carbocycles. The molecule has 0 spiro atoms. The number of nitrogens with two attached hydrogens (primary N) is 1. The van der Waals surface area contributed by atoms with E-state index >= 15 is 0 Å².